The molecular weight excluding hydrogens is 322 g/mol. The van der Waals surface area contributed by atoms with Crippen LogP contribution in [0.25, 0.3) is 0 Å². The molecule has 0 bridgehead atoms. The Bertz CT molecular complexity index is 406. The first-order valence-corrected chi connectivity index (χ1v) is 10.9. The number of hydrogen-bond donors (Lipinski definition) is 0. The highest BCUT2D eigenvalue weighted by atomic mass is 16.5. The summed E-state index contributed by atoms with van der Waals surface area (Å²) < 4.78 is 5.72. The first-order valence-electron chi connectivity index (χ1n) is 10.9. The van der Waals surface area contributed by atoms with Gasteiger partial charge in [0.2, 0.25) is 0 Å². The van der Waals surface area contributed by atoms with Gasteiger partial charge >= 0.3 is 0 Å². The normalized spacial score (nSPS) is 23.1. The maximum atomic E-state index is 5.72. The van der Waals surface area contributed by atoms with Gasteiger partial charge in [-0.1, -0.05) is 13.8 Å². The lowest BCUT2D eigenvalue weighted by molar-refractivity contribution is -0.00716. The number of hydrogen-bond acceptors (Lipinski definition) is 4. The van der Waals surface area contributed by atoms with Crippen molar-refractivity contribution in [1.29, 1.82) is 0 Å². The first-order chi connectivity index (χ1) is 12.1. The third-order valence-electron chi connectivity index (χ3n) is 6.80. The second-order valence-electron chi connectivity index (χ2n) is 10.3. The topological polar surface area (TPSA) is 19.0 Å². The molecule has 0 aliphatic carbocycles. The Hall–Kier alpha value is -0.160. The summed E-state index contributed by atoms with van der Waals surface area (Å²) in [6.45, 7) is 23.4. The average Bonchev–Trinajstić information content (AvgIpc) is 2.54. The molecule has 4 heteroatoms. The van der Waals surface area contributed by atoms with Crippen LogP contribution in [-0.2, 0) is 4.74 Å². The van der Waals surface area contributed by atoms with Crippen LogP contribution in [0.4, 0.5) is 0 Å². The van der Waals surface area contributed by atoms with Gasteiger partial charge in [-0.3, -0.25) is 9.80 Å². The van der Waals surface area contributed by atoms with Gasteiger partial charge in [-0.15, -0.1) is 0 Å². The number of piperazine rings is 1. The van der Waals surface area contributed by atoms with Crippen molar-refractivity contribution in [2.24, 2.45) is 11.3 Å². The molecule has 0 aromatic heterocycles. The number of ether oxygens (including phenoxy) is 1. The molecular formula is C22H45N3O. The van der Waals surface area contributed by atoms with Crippen LogP contribution in [0, 0.1) is 11.3 Å². The van der Waals surface area contributed by atoms with Crippen molar-refractivity contribution >= 4 is 0 Å². The molecule has 0 aromatic carbocycles. The highest BCUT2D eigenvalue weighted by Gasteiger charge is 2.39. The minimum atomic E-state index is 0.285. The fourth-order valence-corrected chi connectivity index (χ4v) is 5.16. The van der Waals surface area contributed by atoms with Gasteiger partial charge in [-0.2, -0.15) is 0 Å². The van der Waals surface area contributed by atoms with Crippen molar-refractivity contribution in [2.75, 3.05) is 59.5 Å². The summed E-state index contributed by atoms with van der Waals surface area (Å²) in [6, 6.07) is 0. The van der Waals surface area contributed by atoms with Crippen molar-refractivity contribution in [3.05, 3.63) is 0 Å². The molecule has 0 amide bonds. The average molecular weight is 368 g/mol. The molecule has 0 radical (unpaired) electrons. The van der Waals surface area contributed by atoms with Crippen LogP contribution >= 0.6 is 0 Å². The predicted molar refractivity (Wildman–Crippen MR) is 112 cm³/mol. The molecule has 0 spiro atoms. The summed E-state index contributed by atoms with van der Waals surface area (Å²) in [5.74, 6) is 0.868. The smallest absolute Gasteiger partial charge is 0.0596 e. The number of likely N-dealkylation sites (tertiary alicyclic amines) is 1. The largest absolute Gasteiger partial charge is 0.377 e. The zero-order chi connectivity index (χ0) is 19.4. The van der Waals surface area contributed by atoms with Gasteiger partial charge in [-0.05, 0) is 78.4 Å². The molecule has 2 fully saturated rings. The Morgan fingerprint density at radius 3 is 2.04 bits per heavy atom. The van der Waals surface area contributed by atoms with E-state index in [1.165, 1.54) is 58.5 Å². The third-order valence-corrected chi connectivity index (χ3v) is 6.80. The number of piperidine rings is 1. The second-order valence-corrected chi connectivity index (χ2v) is 10.3. The van der Waals surface area contributed by atoms with Crippen molar-refractivity contribution in [3.8, 4) is 0 Å². The maximum Gasteiger partial charge on any atom is 0.0596 e. The summed E-state index contributed by atoms with van der Waals surface area (Å²) in [4.78, 5) is 7.79. The van der Waals surface area contributed by atoms with Crippen LogP contribution in [0.5, 0.6) is 0 Å². The number of rotatable bonds is 8. The second kappa shape index (κ2) is 9.36. The Kier molecular flexibility index (Phi) is 7.97. The lowest BCUT2D eigenvalue weighted by Gasteiger charge is -2.49. The van der Waals surface area contributed by atoms with Gasteiger partial charge in [0, 0.05) is 38.3 Å². The van der Waals surface area contributed by atoms with E-state index in [2.05, 4.69) is 63.3 Å². The molecule has 154 valence electrons. The third kappa shape index (κ3) is 6.47. The van der Waals surface area contributed by atoms with Gasteiger partial charge in [0.05, 0.1) is 12.7 Å². The standard InChI is InChI=1S/C22H45N3O/c1-19(2)26-17-16-24-12-14-25(15-13-24)22(5,6)18-21(3,4)20-8-10-23(7)11-9-20/h19-20H,8-18H2,1-7H3. The molecule has 0 aromatic rings. The molecule has 0 N–H and O–H groups in total. The Morgan fingerprint density at radius 1 is 0.923 bits per heavy atom. The molecule has 2 saturated heterocycles. The Morgan fingerprint density at radius 2 is 1.50 bits per heavy atom. The van der Waals surface area contributed by atoms with E-state index in [4.69, 9.17) is 4.74 Å². The fraction of sp³-hybridized carbons (Fsp3) is 1.00. The van der Waals surface area contributed by atoms with E-state index >= 15 is 0 Å². The molecule has 0 saturated carbocycles. The lowest BCUT2D eigenvalue weighted by Crippen LogP contribution is -2.56. The summed E-state index contributed by atoms with van der Waals surface area (Å²) in [5.41, 5.74) is 0.709. The van der Waals surface area contributed by atoms with E-state index in [0.717, 1.165) is 19.1 Å². The van der Waals surface area contributed by atoms with E-state index in [0.29, 0.717) is 11.5 Å². The molecule has 2 aliphatic heterocycles. The number of nitrogens with zero attached hydrogens (tertiary/aromatic N) is 3. The molecule has 0 atom stereocenters. The first kappa shape index (κ1) is 22.1. The SMILES string of the molecule is CC(C)OCCN1CCN(C(C)(C)CC(C)(C)C2CCN(C)CC2)CC1. The predicted octanol–water partition coefficient (Wildman–Crippen LogP) is 3.57. The van der Waals surface area contributed by atoms with Gasteiger partial charge in [0.25, 0.3) is 0 Å². The van der Waals surface area contributed by atoms with Gasteiger partial charge in [-0.25, -0.2) is 0 Å². The summed E-state index contributed by atoms with van der Waals surface area (Å²) in [5, 5.41) is 0. The quantitative estimate of drug-likeness (QED) is 0.653. The lowest BCUT2D eigenvalue weighted by atomic mass is 9.67. The van der Waals surface area contributed by atoms with Crippen LogP contribution in [0.1, 0.15) is 60.8 Å². The Labute approximate surface area is 163 Å². The van der Waals surface area contributed by atoms with Crippen molar-refractivity contribution in [2.45, 2.75) is 72.4 Å². The van der Waals surface area contributed by atoms with Crippen molar-refractivity contribution in [1.82, 2.24) is 14.7 Å². The van der Waals surface area contributed by atoms with E-state index in [1.807, 2.05) is 0 Å². The van der Waals surface area contributed by atoms with Crippen LogP contribution in [-0.4, -0.2) is 85.8 Å². The van der Waals surface area contributed by atoms with Gasteiger partial charge in [0.15, 0.2) is 0 Å². The van der Waals surface area contributed by atoms with Gasteiger partial charge < -0.3 is 9.64 Å². The van der Waals surface area contributed by atoms with Gasteiger partial charge in [0.1, 0.15) is 0 Å². The fourth-order valence-electron chi connectivity index (χ4n) is 5.16. The van der Waals surface area contributed by atoms with E-state index in [-0.39, 0.29) is 5.54 Å². The van der Waals surface area contributed by atoms with Crippen LogP contribution in [0.2, 0.25) is 0 Å². The van der Waals surface area contributed by atoms with E-state index in [1.54, 1.807) is 0 Å². The molecule has 26 heavy (non-hydrogen) atoms. The molecule has 2 heterocycles. The summed E-state index contributed by atoms with van der Waals surface area (Å²) in [6.07, 6.45) is 4.37. The minimum absolute atomic E-state index is 0.285. The minimum Gasteiger partial charge on any atom is -0.377 e. The van der Waals surface area contributed by atoms with E-state index < -0.39 is 0 Å². The summed E-state index contributed by atoms with van der Waals surface area (Å²) in [7, 11) is 2.26. The van der Waals surface area contributed by atoms with Crippen molar-refractivity contribution < 1.29 is 4.74 Å². The molecule has 2 rings (SSSR count). The highest BCUT2D eigenvalue weighted by Crippen LogP contribution is 2.42. The Balaban J connectivity index is 1.80. The molecule has 4 nitrogen and oxygen atoms in total. The van der Waals surface area contributed by atoms with E-state index in [9.17, 15) is 0 Å². The van der Waals surface area contributed by atoms with Crippen LogP contribution < -0.4 is 0 Å². The zero-order valence-corrected chi connectivity index (χ0v) is 18.7. The zero-order valence-electron chi connectivity index (χ0n) is 18.7. The maximum absolute atomic E-state index is 5.72. The highest BCUT2D eigenvalue weighted by molar-refractivity contribution is 4.93. The van der Waals surface area contributed by atoms with Crippen molar-refractivity contribution in [3.63, 3.8) is 0 Å². The molecule has 0 unspecified atom stereocenters. The van der Waals surface area contributed by atoms with Crippen LogP contribution in [0.15, 0.2) is 0 Å². The monoisotopic (exact) mass is 367 g/mol. The molecule has 2 aliphatic rings. The summed E-state index contributed by atoms with van der Waals surface area (Å²) >= 11 is 0. The van der Waals surface area contributed by atoms with Crippen LogP contribution in [0.3, 0.4) is 0 Å².